The maximum Gasteiger partial charge on any atom is 0.326 e. The van der Waals surface area contributed by atoms with E-state index >= 15 is 0 Å². The van der Waals surface area contributed by atoms with Crippen LogP contribution in [0.15, 0.2) is 84.9 Å². The summed E-state index contributed by atoms with van der Waals surface area (Å²) >= 11 is 0. The van der Waals surface area contributed by atoms with Gasteiger partial charge in [-0.1, -0.05) is 72.8 Å². The summed E-state index contributed by atoms with van der Waals surface area (Å²) in [5.41, 5.74) is 2.58. The Morgan fingerprint density at radius 2 is 1.35 bits per heavy atom. The van der Waals surface area contributed by atoms with Crippen molar-refractivity contribution in [3.8, 4) is 5.75 Å². The summed E-state index contributed by atoms with van der Waals surface area (Å²) in [6.45, 7) is 1.71. The third-order valence-electron chi connectivity index (χ3n) is 5.18. The number of carbonyl (C=O) groups is 3. The summed E-state index contributed by atoms with van der Waals surface area (Å²) in [4.78, 5) is 36.4. The van der Waals surface area contributed by atoms with Crippen LogP contribution in [-0.2, 0) is 33.8 Å². The number of amides is 2. The first kappa shape index (κ1) is 24.5. The lowest BCUT2D eigenvalue weighted by Crippen LogP contribution is -2.52. The molecule has 0 aliphatic rings. The summed E-state index contributed by atoms with van der Waals surface area (Å²) in [7, 11) is 0. The van der Waals surface area contributed by atoms with Gasteiger partial charge in [-0.05, 0) is 28.8 Å². The molecule has 176 valence electrons. The van der Waals surface area contributed by atoms with Gasteiger partial charge in [0.05, 0.1) is 0 Å². The van der Waals surface area contributed by atoms with Crippen molar-refractivity contribution in [2.24, 2.45) is 0 Å². The number of hydrogen-bond acceptors (Lipinski definition) is 4. The maximum absolute atomic E-state index is 12.9. The minimum absolute atomic E-state index is 0.0712. The topological polar surface area (TPSA) is 105 Å². The molecule has 0 unspecified atom stereocenters. The van der Waals surface area contributed by atoms with Gasteiger partial charge in [-0.25, -0.2) is 4.79 Å². The first-order chi connectivity index (χ1) is 16.4. The predicted octanol–water partition coefficient (Wildman–Crippen LogP) is 3.12. The fraction of sp³-hybridized carbons (Fsp3) is 0.222. The van der Waals surface area contributed by atoms with Crippen LogP contribution in [0.4, 0.5) is 0 Å². The van der Waals surface area contributed by atoms with Crippen molar-refractivity contribution in [3.63, 3.8) is 0 Å². The van der Waals surface area contributed by atoms with Gasteiger partial charge in [-0.2, -0.15) is 0 Å². The van der Waals surface area contributed by atoms with Gasteiger partial charge in [0, 0.05) is 19.8 Å². The van der Waals surface area contributed by atoms with Crippen molar-refractivity contribution in [1.29, 1.82) is 0 Å². The van der Waals surface area contributed by atoms with Gasteiger partial charge >= 0.3 is 5.97 Å². The molecule has 0 saturated carbocycles. The molecule has 2 amide bonds. The summed E-state index contributed by atoms with van der Waals surface area (Å²) in [6, 6.07) is 24.0. The number of nitrogens with one attached hydrogen (secondary N) is 2. The van der Waals surface area contributed by atoms with Gasteiger partial charge < -0.3 is 20.5 Å². The van der Waals surface area contributed by atoms with Crippen molar-refractivity contribution in [1.82, 2.24) is 10.6 Å². The second-order valence-corrected chi connectivity index (χ2v) is 7.97. The van der Waals surface area contributed by atoms with Gasteiger partial charge in [0.2, 0.25) is 11.8 Å². The third kappa shape index (κ3) is 7.78. The first-order valence-electron chi connectivity index (χ1n) is 11.0. The van der Waals surface area contributed by atoms with E-state index in [0.29, 0.717) is 17.9 Å². The van der Waals surface area contributed by atoms with Crippen LogP contribution in [0, 0.1) is 0 Å². The summed E-state index contributed by atoms with van der Waals surface area (Å²) in [5, 5.41) is 14.9. The van der Waals surface area contributed by atoms with Gasteiger partial charge in [-0.3, -0.25) is 9.59 Å². The van der Waals surface area contributed by atoms with Gasteiger partial charge in [0.15, 0.2) is 0 Å². The lowest BCUT2D eigenvalue weighted by Gasteiger charge is -2.21. The van der Waals surface area contributed by atoms with Crippen LogP contribution in [0.2, 0.25) is 0 Å². The maximum atomic E-state index is 12.9. The molecule has 34 heavy (non-hydrogen) atoms. The average Bonchev–Trinajstić information content (AvgIpc) is 2.83. The van der Waals surface area contributed by atoms with Crippen LogP contribution in [0.5, 0.6) is 5.75 Å². The molecule has 0 aliphatic heterocycles. The van der Waals surface area contributed by atoms with E-state index in [1.54, 1.807) is 24.3 Å². The molecular formula is C27H28N2O5. The first-order valence-corrected chi connectivity index (χ1v) is 11.0. The highest BCUT2D eigenvalue weighted by atomic mass is 16.5. The molecule has 2 atom stereocenters. The summed E-state index contributed by atoms with van der Waals surface area (Å²) in [5.74, 6) is -1.48. The van der Waals surface area contributed by atoms with E-state index in [2.05, 4.69) is 10.6 Å². The fourth-order valence-corrected chi connectivity index (χ4v) is 3.52. The number of aliphatic carboxylic acids is 1. The number of carbonyl (C=O) groups excluding carboxylic acids is 2. The Bertz CT molecular complexity index is 1100. The van der Waals surface area contributed by atoms with Crippen molar-refractivity contribution in [3.05, 3.63) is 102 Å². The lowest BCUT2D eigenvalue weighted by molar-refractivity contribution is -0.142. The Labute approximate surface area is 198 Å². The van der Waals surface area contributed by atoms with E-state index < -0.39 is 24.0 Å². The zero-order chi connectivity index (χ0) is 24.3. The smallest absolute Gasteiger partial charge is 0.326 e. The monoisotopic (exact) mass is 460 g/mol. The zero-order valence-electron chi connectivity index (χ0n) is 18.9. The van der Waals surface area contributed by atoms with Gasteiger partial charge in [-0.15, -0.1) is 0 Å². The van der Waals surface area contributed by atoms with E-state index in [0.717, 1.165) is 11.1 Å². The molecule has 3 rings (SSSR count). The number of rotatable bonds is 11. The second-order valence-electron chi connectivity index (χ2n) is 7.97. The number of hydrogen-bond donors (Lipinski definition) is 3. The molecule has 7 heteroatoms. The Morgan fingerprint density at radius 1 is 0.765 bits per heavy atom. The molecule has 0 aliphatic carbocycles. The van der Waals surface area contributed by atoms with Crippen LogP contribution in [-0.4, -0.2) is 35.0 Å². The van der Waals surface area contributed by atoms with E-state index in [9.17, 15) is 19.5 Å². The Kier molecular flexibility index (Phi) is 8.80. The molecular weight excluding hydrogens is 432 g/mol. The van der Waals surface area contributed by atoms with Crippen LogP contribution in [0.3, 0.4) is 0 Å². The molecule has 0 bridgehead atoms. The summed E-state index contributed by atoms with van der Waals surface area (Å²) < 4.78 is 5.82. The van der Waals surface area contributed by atoms with Crippen molar-refractivity contribution in [2.75, 3.05) is 0 Å². The molecule has 0 aromatic heterocycles. The molecule has 0 fully saturated rings. The van der Waals surface area contributed by atoms with Gasteiger partial charge in [0.1, 0.15) is 24.4 Å². The average molecular weight is 461 g/mol. The van der Waals surface area contributed by atoms with E-state index in [-0.39, 0.29) is 18.7 Å². The number of carboxylic acids is 1. The van der Waals surface area contributed by atoms with Crippen molar-refractivity contribution < 1.29 is 24.2 Å². The molecule has 7 nitrogen and oxygen atoms in total. The molecule has 0 radical (unpaired) electrons. The van der Waals surface area contributed by atoms with Crippen LogP contribution in [0.1, 0.15) is 23.6 Å². The SMILES string of the molecule is CC(=O)N[C@@H](Cc1ccccc1)C(=O)N[C@@H](Cc1cccc(OCc2ccccc2)c1)C(=O)O. The van der Waals surface area contributed by atoms with E-state index in [1.807, 2.05) is 60.7 Å². The Hall–Kier alpha value is -4.13. The molecule has 3 N–H and O–H groups in total. The highest BCUT2D eigenvalue weighted by molar-refractivity contribution is 5.90. The minimum atomic E-state index is -1.16. The van der Waals surface area contributed by atoms with Crippen molar-refractivity contribution in [2.45, 2.75) is 38.5 Å². The molecule has 3 aromatic carbocycles. The summed E-state index contributed by atoms with van der Waals surface area (Å²) in [6.07, 6.45) is 0.323. The van der Waals surface area contributed by atoms with Crippen LogP contribution in [0.25, 0.3) is 0 Å². The Balaban J connectivity index is 1.66. The van der Waals surface area contributed by atoms with Gasteiger partial charge in [0.25, 0.3) is 0 Å². The molecule has 0 saturated heterocycles. The number of benzene rings is 3. The predicted molar refractivity (Wildman–Crippen MR) is 128 cm³/mol. The fourth-order valence-electron chi connectivity index (χ4n) is 3.52. The second kappa shape index (κ2) is 12.2. The number of carboxylic acid groups (broad SMARTS) is 1. The van der Waals surface area contributed by atoms with E-state index in [4.69, 9.17) is 4.74 Å². The minimum Gasteiger partial charge on any atom is -0.489 e. The normalized spacial score (nSPS) is 12.3. The third-order valence-corrected chi connectivity index (χ3v) is 5.18. The zero-order valence-corrected chi connectivity index (χ0v) is 18.9. The number of ether oxygens (including phenoxy) is 1. The van der Waals surface area contributed by atoms with E-state index in [1.165, 1.54) is 6.92 Å². The highest BCUT2D eigenvalue weighted by Gasteiger charge is 2.26. The van der Waals surface area contributed by atoms with Crippen LogP contribution >= 0.6 is 0 Å². The lowest BCUT2D eigenvalue weighted by atomic mass is 10.0. The van der Waals surface area contributed by atoms with Crippen LogP contribution < -0.4 is 15.4 Å². The largest absolute Gasteiger partial charge is 0.489 e. The molecule has 0 spiro atoms. The highest BCUT2D eigenvalue weighted by Crippen LogP contribution is 2.17. The standard InChI is InChI=1S/C27H28N2O5/c1-19(30)28-24(16-20-9-4-2-5-10-20)26(31)29-25(27(32)33)17-22-13-8-14-23(15-22)34-18-21-11-6-3-7-12-21/h2-15,24-25H,16-18H2,1H3,(H,28,30)(H,29,31)(H,32,33)/t24-,25-/m0/s1. The molecule has 0 heterocycles. The quantitative estimate of drug-likeness (QED) is 0.408. The van der Waals surface area contributed by atoms with Crippen molar-refractivity contribution >= 4 is 17.8 Å². The Morgan fingerprint density at radius 3 is 1.97 bits per heavy atom. The molecule has 3 aromatic rings.